The molecule has 21 heavy (non-hydrogen) atoms. The second-order valence-corrected chi connectivity index (χ2v) is 7.44. The van der Waals surface area contributed by atoms with Crippen LogP contribution in [-0.4, -0.2) is 48.3 Å². The lowest BCUT2D eigenvalue weighted by molar-refractivity contribution is 0.0634. The van der Waals surface area contributed by atoms with E-state index >= 15 is 0 Å². The van der Waals surface area contributed by atoms with E-state index in [1.165, 1.54) is 58.0 Å². The molecule has 3 unspecified atom stereocenters. The van der Waals surface area contributed by atoms with Crippen LogP contribution in [0.1, 0.15) is 65.2 Å². The quantitative estimate of drug-likeness (QED) is 0.723. The zero-order valence-corrected chi connectivity index (χ0v) is 14.2. The molecule has 0 aromatic carbocycles. The van der Waals surface area contributed by atoms with Gasteiger partial charge in [-0.05, 0) is 57.5 Å². The Hall–Kier alpha value is -0.120. The lowest BCUT2D eigenvalue weighted by Gasteiger charge is -2.37. The molecule has 1 heterocycles. The Morgan fingerprint density at radius 3 is 2.67 bits per heavy atom. The monoisotopic (exact) mass is 296 g/mol. The van der Waals surface area contributed by atoms with Gasteiger partial charge in [0.1, 0.15) is 0 Å². The Balaban J connectivity index is 1.69. The van der Waals surface area contributed by atoms with E-state index in [9.17, 15) is 5.11 Å². The second kappa shape index (κ2) is 9.12. The predicted octanol–water partition coefficient (Wildman–Crippen LogP) is 3.03. The lowest BCUT2D eigenvalue weighted by atomic mass is 9.91. The summed E-state index contributed by atoms with van der Waals surface area (Å²) < 4.78 is 0. The maximum atomic E-state index is 10.4. The topological polar surface area (TPSA) is 35.5 Å². The second-order valence-electron chi connectivity index (χ2n) is 7.44. The van der Waals surface area contributed by atoms with Crippen LogP contribution in [0.15, 0.2) is 0 Å². The van der Waals surface area contributed by atoms with Crippen molar-refractivity contribution in [1.82, 2.24) is 10.2 Å². The van der Waals surface area contributed by atoms with Gasteiger partial charge in [0.05, 0.1) is 6.10 Å². The van der Waals surface area contributed by atoms with Gasteiger partial charge in [-0.1, -0.05) is 32.6 Å². The minimum Gasteiger partial charge on any atom is -0.392 e. The van der Waals surface area contributed by atoms with E-state index in [1.807, 2.05) is 0 Å². The van der Waals surface area contributed by atoms with Crippen LogP contribution in [0.2, 0.25) is 0 Å². The number of likely N-dealkylation sites (tertiary alicyclic amines) is 1. The highest BCUT2D eigenvalue weighted by Crippen LogP contribution is 2.29. The van der Waals surface area contributed by atoms with Gasteiger partial charge in [0.2, 0.25) is 0 Å². The summed E-state index contributed by atoms with van der Waals surface area (Å²) >= 11 is 0. The SMILES string of the molecule is CCCNC(C)C1CCCN(CC(O)CC2CCCC2)C1. The fraction of sp³-hybridized carbons (Fsp3) is 1.00. The number of piperidine rings is 1. The van der Waals surface area contributed by atoms with E-state index in [0.29, 0.717) is 6.04 Å². The van der Waals surface area contributed by atoms with Crippen molar-refractivity contribution >= 4 is 0 Å². The van der Waals surface area contributed by atoms with Crippen molar-refractivity contribution in [2.75, 3.05) is 26.2 Å². The summed E-state index contributed by atoms with van der Waals surface area (Å²) in [7, 11) is 0. The number of hydrogen-bond donors (Lipinski definition) is 2. The molecule has 1 saturated heterocycles. The molecular formula is C18H36N2O. The zero-order chi connectivity index (χ0) is 15.1. The molecule has 0 aromatic rings. The normalized spacial score (nSPS) is 27.9. The van der Waals surface area contributed by atoms with Crippen LogP contribution in [0.25, 0.3) is 0 Å². The lowest BCUT2D eigenvalue weighted by Crippen LogP contribution is -2.46. The molecular weight excluding hydrogens is 260 g/mol. The van der Waals surface area contributed by atoms with E-state index in [2.05, 4.69) is 24.1 Å². The Labute approximate surface area is 131 Å². The molecule has 0 radical (unpaired) electrons. The van der Waals surface area contributed by atoms with Gasteiger partial charge >= 0.3 is 0 Å². The number of aliphatic hydroxyl groups is 1. The molecule has 2 fully saturated rings. The highest BCUT2D eigenvalue weighted by Gasteiger charge is 2.26. The van der Waals surface area contributed by atoms with E-state index in [0.717, 1.165) is 31.3 Å². The summed E-state index contributed by atoms with van der Waals surface area (Å²) in [6.45, 7) is 8.93. The Morgan fingerprint density at radius 1 is 1.19 bits per heavy atom. The van der Waals surface area contributed by atoms with E-state index in [1.54, 1.807) is 0 Å². The van der Waals surface area contributed by atoms with E-state index in [4.69, 9.17) is 0 Å². The van der Waals surface area contributed by atoms with Crippen LogP contribution < -0.4 is 5.32 Å². The zero-order valence-electron chi connectivity index (χ0n) is 14.2. The summed E-state index contributed by atoms with van der Waals surface area (Å²) in [6.07, 6.45) is 10.2. The first-order valence-corrected chi connectivity index (χ1v) is 9.32. The minimum absolute atomic E-state index is 0.106. The molecule has 0 aromatic heterocycles. The van der Waals surface area contributed by atoms with Crippen molar-refractivity contribution in [2.45, 2.75) is 77.4 Å². The first-order valence-electron chi connectivity index (χ1n) is 9.32. The molecule has 1 saturated carbocycles. The molecule has 0 spiro atoms. The average Bonchev–Trinajstić information content (AvgIpc) is 2.97. The van der Waals surface area contributed by atoms with Gasteiger partial charge in [-0.25, -0.2) is 0 Å². The summed E-state index contributed by atoms with van der Waals surface area (Å²) in [5.74, 6) is 1.55. The van der Waals surface area contributed by atoms with Crippen LogP contribution in [0, 0.1) is 11.8 Å². The third-order valence-corrected chi connectivity index (χ3v) is 5.51. The number of nitrogens with zero attached hydrogens (tertiary/aromatic N) is 1. The number of aliphatic hydroxyl groups excluding tert-OH is 1. The van der Waals surface area contributed by atoms with Gasteiger partial charge in [0.15, 0.2) is 0 Å². The van der Waals surface area contributed by atoms with Crippen LogP contribution in [-0.2, 0) is 0 Å². The Kier molecular flexibility index (Phi) is 7.48. The molecule has 2 rings (SSSR count). The van der Waals surface area contributed by atoms with Crippen LogP contribution in [0.5, 0.6) is 0 Å². The van der Waals surface area contributed by atoms with Crippen LogP contribution in [0.4, 0.5) is 0 Å². The molecule has 2 N–H and O–H groups in total. The third-order valence-electron chi connectivity index (χ3n) is 5.51. The van der Waals surface area contributed by atoms with Crippen molar-refractivity contribution in [3.8, 4) is 0 Å². The molecule has 0 amide bonds. The van der Waals surface area contributed by atoms with Crippen molar-refractivity contribution in [3.63, 3.8) is 0 Å². The van der Waals surface area contributed by atoms with Gasteiger partial charge in [0, 0.05) is 19.1 Å². The third kappa shape index (κ3) is 5.88. The molecule has 3 heteroatoms. The number of β-amino-alcohol motifs (C(OH)–C–C–N with tert-alkyl or cyclic N) is 1. The molecule has 3 nitrogen and oxygen atoms in total. The number of hydrogen-bond acceptors (Lipinski definition) is 3. The van der Waals surface area contributed by atoms with Gasteiger partial charge < -0.3 is 15.3 Å². The fourth-order valence-electron chi connectivity index (χ4n) is 4.21. The van der Waals surface area contributed by atoms with Crippen LogP contribution >= 0.6 is 0 Å². The Morgan fingerprint density at radius 2 is 1.95 bits per heavy atom. The molecule has 3 atom stereocenters. The average molecular weight is 296 g/mol. The van der Waals surface area contributed by atoms with E-state index in [-0.39, 0.29) is 6.10 Å². The smallest absolute Gasteiger partial charge is 0.0669 e. The summed E-state index contributed by atoms with van der Waals surface area (Å²) in [4.78, 5) is 2.51. The van der Waals surface area contributed by atoms with Crippen molar-refractivity contribution in [3.05, 3.63) is 0 Å². The Bertz CT molecular complexity index is 278. The summed E-state index contributed by atoms with van der Waals surface area (Å²) in [6, 6.07) is 0.611. The number of nitrogens with one attached hydrogen (secondary N) is 1. The van der Waals surface area contributed by atoms with Crippen LogP contribution in [0.3, 0.4) is 0 Å². The fourth-order valence-corrected chi connectivity index (χ4v) is 4.21. The maximum absolute atomic E-state index is 10.4. The summed E-state index contributed by atoms with van der Waals surface area (Å²) in [5, 5.41) is 14.0. The molecule has 2 aliphatic rings. The first kappa shape index (κ1) is 17.2. The molecule has 1 aliphatic heterocycles. The van der Waals surface area contributed by atoms with Crippen molar-refractivity contribution < 1.29 is 5.11 Å². The van der Waals surface area contributed by atoms with Gasteiger partial charge in [-0.3, -0.25) is 0 Å². The van der Waals surface area contributed by atoms with E-state index < -0.39 is 0 Å². The largest absolute Gasteiger partial charge is 0.392 e. The van der Waals surface area contributed by atoms with Crippen molar-refractivity contribution in [1.29, 1.82) is 0 Å². The first-order chi connectivity index (χ1) is 10.2. The molecule has 124 valence electrons. The molecule has 0 bridgehead atoms. The maximum Gasteiger partial charge on any atom is 0.0669 e. The summed E-state index contributed by atoms with van der Waals surface area (Å²) in [5.41, 5.74) is 0. The highest BCUT2D eigenvalue weighted by atomic mass is 16.3. The van der Waals surface area contributed by atoms with Gasteiger partial charge in [-0.15, -0.1) is 0 Å². The predicted molar refractivity (Wildman–Crippen MR) is 89.5 cm³/mol. The van der Waals surface area contributed by atoms with Crippen molar-refractivity contribution in [2.24, 2.45) is 11.8 Å². The standard InChI is InChI=1S/C18H36N2O/c1-3-10-19-15(2)17-9-6-11-20(13-17)14-18(21)12-16-7-4-5-8-16/h15-19,21H,3-14H2,1-2H3. The molecule has 1 aliphatic carbocycles. The highest BCUT2D eigenvalue weighted by molar-refractivity contribution is 4.82. The number of rotatable bonds is 8. The van der Waals surface area contributed by atoms with Gasteiger partial charge in [-0.2, -0.15) is 0 Å². The van der Waals surface area contributed by atoms with Gasteiger partial charge in [0.25, 0.3) is 0 Å². The minimum atomic E-state index is -0.106.